The third-order valence-electron chi connectivity index (χ3n) is 2.93. The second-order valence-electron chi connectivity index (χ2n) is 4.04. The van der Waals surface area contributed by atoms with Gasteiger partial charge in [0.05, 0.1) is 0 Å². The van der Waals surface area contributed by atoms with Gasteiger partial charge in [0.15, 0.2) is 0 Å². The summed E-state index contributed by atoms with van der Waals surface area (Å²) in [6, 6.07) is 23.3. The molecule has 0 fully saturated rings. The van der Waals surface area contributed by atoms with Crippen LogP contribution in [0.25, 0.3) is 21.9 Å². The molecule has 3 rings (SSSR count). The van der Waals surface area contributed by atoms with Crippen LogP contribution in [-0.2, 0) is 0 Å². The number of halogens is 1. The molecular weight excluding hydrogens is 272 g/mol. The fourth-order valence-corrected chi connectivity index (χ4v) is 2.48. The van der Waals surface area contributed by atoms with E-state index in [0.29, 0.717) is 0 Å². The van der Waals surface area contributed by atoms with Gasteiger partial charge in [0.2, 0.25) is 0 Å². The minimum absolute atomic E-state index is 1.12. The highest BCUT2D eigenvalue weighted by Crippen LogP contribution is 2.30. The van der Waals surface area contributed by atoms with Gasteiger partial charge in [-0.1, -0.05) is 70.5 Å². The Morgan fingerprint density at radius 3 is 2.35 bits per heavy atom. The minimum atomic E-state index is 1.12. The molecule has 0 aliphatic carbocycles. The van der Waals surface area contributed by atoms with Crippen molar-refractivity contribution in [3.05, 3.63) is 71.2 Å². The summed E-state index contributed by atoms with van der Waals surface area (Å²) in [4.78, 5) is 0. The zero-order valence-corrected chi connectivity index (χ0v) is 10.8. The molecule has 0 radical (unpaired) electrons. The lowest BCUT2D eigenvalue weighted by Gasteiger charge is -2.07. The molecule has 0 aromatic heterocycles. The predicted octanol–water partition coefficient (Wildman–Crippen LogP) is 5.27. The van der Waals surface area contributed by atoms with Gasteiger partial charge in [-0.2, -0.15) is 0 Å². The molecule has 0 saturated carbocycles. The molecule has 0 heterocycles. The van der Waals surface area contributed by atoms with Gasteiger partial charge in [-0.3, -0.25) is 0 Å². The van der Waals surface area contributed by atoms with Crippen molar-refractivity contribution in [1.82, 2.24) is 0 Å². The average Bonchev–Trinajstić information content (AvgIpc) is 2.39. The second-order valence-corrected chi connectivity index (χ2v) is 4.95. The molecule has 0 amide bonds. The van der Waals surface area contributed by atoms with Crippen molar-refractivity contribution in [3.8, 4) is 11.1 Å². The molecule has 0 saturated heterocycles. The van der Waals surface area contributed by atoms with Gasteiger partial charge in [0.1, 0.15) is 0 Å². The maximum atomic E-state index is 3.54. The Morgan fingerprint density at radius 1 is 0.706 bits per heavy atom. The van der Waals surface area contributed by atoms with Gasteiger partial charge in [-0.15, -0.1) is 0 Å². The minimum Gasteiger partial charge on any atom is -0.0622 e. The van der Waals surface area contributed by atoms with Crippen molar-refractivity contribution in [1.29, 1.82) is 0 Å². The molecule has 82 valence electrons. The summed E-state index contributed by atoms with van der Waals surface area (Å²) in [6.07, 6.45) is 0. The molecule has 0 nitrogen and oxygen atoms in total. The Balaban J connectivity index is 2.33. The van der Waals surface area contributed by atoms with E-state index in [2.05, 4.69) is 76.6 Å². The highest BCUT2D eigenvalue weighted by Gasteiger charge is 2.03. The van der Waals surface area contributed by atoms with E-state index in [1.807, 2.05) is 6.07 Å². The van der Waals surface area contributed by atoms with Crippen molar-refractivity contribution in [2.75, 3.05) is 0 Å². The summed E-state index contributed by atoms with van der Waals surface area (Å²) >= 11 is 3.54. The first kappa shape index (κ1) is 10.5. The van der Waals surface area contributed by atoms with Crippen LogP contribution < -0.4 is 0 Å². The molecule has 17 heavy (non-hydrogen) atoms. The molecule has 0 bridgehead atoms. The molecular formula is C16H11Br. The highest BCUT2D eigenvalue weighted by molar-refractivity contribution is 9.10. The van der Waals surface area contributed by atoms with Crippen LogP contribution in [0.1, 0.15) is 0 Å². The van der Waals surface area contributed by atoms with E-state index in [1.165, 1.54) is 21.9 Å². The Hall–Kier alpha value is -1.60. The number of hydrogen-bond donors (Lipinski definition) is 0. The lowest BCUT2D eigenvalue weighted by Crippen LogP contribution is -1.81. The van der Waals surface area contributed by atoms with Crippen molar-refractivity contribution >= 4 is 26.7 Å². The van der Waals surface area contributed by atoms with E-state index in [-0.39, 0.29) is 0 Å². The van der Waals surface area contributed by atoms with Gasteiger partial charge in [-0.05, 0) is 34.0 Å². The summed E-state index contributed by atoms with van der Waals surface area (Å²) < 4.78 is 1.12. The second kappa shape index (κ2) is 4.34. The van der Waals surface area contributed by atoms with Crippen LogP contribution >= 0.6 is 15.9 Å². The fourth-order valence-electron chi connectivity index (χ4n) is 2.11. The maximum absolute atomic E-state index is 3.54. The first-order chi connectivity index (χ1) is 8.34. The van der Waals surface area contributed by atoms with Crippen molar-refractivity contribution in [3.63, 3.8) is 0 Å². The van der Waals surface area contributed by atoms with Gasteiger partial charge in [0, 0.05) is 4.47 Å². The fraction of sp³-hybridized carbons (Fsp3) is 0. The van der Waals surface area contributed by atoms with E-state index in [4.69, 9.17) is 0 Å². The summed E-state index contributed by atoms with van der Waals surface area (Å²) in [5, 5.41) is 2.56. The first-order valence-electron chi connectivity index (χ1n) is 5.58. The van der Waals surface area contributed by atoms with E-state index >= 15 is 0 Å². The molecule has 0 unspecified atom stereocenters. The molecule has 0 atom stereocenters. The lowest BCUT2D eigenvalue weighted by molar-refractivity contribution is 1.64. The summed E-state index contributed by atoms with van der Waals surface area (Å²) in [7, 11) is 0. The molecule has 3 aromatic carbocycles. The molecule has 1 heteroatoms. The van der Waals surface area contributed by atoms with Crippen LogP contribution in [-0.4, -0.2) is 0 Å². The average molecular weight is 283 g/mol. The standard InChI is InChI=1S/C16H11Br/c17-14-10-9-13-7-4-8-15(16(13)11-14)12-5-2-1-3-6-12/h1-11H. The zero-order valence-electron chi connectivity index (χ0n) is 9.23. The normalized spacial score (nSPS) is 10.6. The van der Waals surface area contributed by atoms with E-state index in [1.54, 1.807) is 0 Å². The summed E-state index contributed by atoms with van der Waals surface area (Å²) in [5.74, 6) is 0. The Bertz CT molecular complexity index is 657. The molecule has 0 spiro atoms. The van der Waals surface area contributed by atoms with Crippen LogP contribution in [0.4, 0.5) is 0 Å². The van der Waals surface area contributed by atoms with E-state index < -0.39 is 0 Å². The third kappa shape index (κ3) is 1.98. The van der Waals surface area contributed by atoms with Gasteiger partial charge in [0.25, 0.3) is 0 Å². The van der Waals surface area contributed by atoms with Gasteiger partial charge < -0.3 is 0 Å². The van der Waals surface area contributed by atoms with Crippen LogP contribution in [0, 0.1) is 0 Å². The first-order valence-corrected chi connectivity index (χ1v) is 6.37. The summed E-state index contributed by atoms with van der Waals surface area (Å²) in [6.45, 7) is 0. The number of benzene rings is 3. The number of hydrogen-bond acceptors (Lipinski definition) is 0. The highest BCUT2D eigenvalue weighted by atomic mass is 79.9. The monoisotopic (exact) mass is 282 g/mol. The van der Waals surface area contributed by atoms with Crippen molar-refractivity contribution in [2.45, 2.75) is 0 Å². The Kier molecular flexibility index (Phi) is 2.69. The van der Waals surface area contributed by atoms with Crippen molar-refractivity contribution in [2.24, 2.45) is 0 Å². The van der Waals surface area contributed by atoms with Crippen LogP contribution in [0.3, 0.4) is 0 Å². The van der Waals surface area contributed by atoms with E-state index in [9.17, 15) is 0 Å². The SMILES string of the molecule is Brc1ccc2cccc(-c3ccccc3)c2c1. The Labute approximate surface area is 109 Å². The zero-order chi connectivity index (χ0) is 11.7. The number of rotatable bonds is 1. The van der Waals surface area contributed by atoms with Crippen LogP contribution in [0.2, 0.25) is 0 Å². The molecule has 0 N–H and O–H groups in total. The third-order valence-corrected chi connectivity index (χ3v) is 3.42. The van der Waals surface area contributed by atoms with Crippen LogP contribution in [0.15, 0.2) is 71.2 Å². The predicted molar refractivity (Wildman–Crippen MR) is 77.1 cm³/mol. The van der Waals surface area contributed by atoms with Gasteiger partial charge >= 0.3 is 0 Å². The molecule has 0 aliphatic heterocycles. The Morgan fingerprint density at radius 2 is 1.53 bits per heavy atom. The largest absolute Gasteiger partial charge is 0.0622 e. The topological polar surface area (TPSA) is 0 Å². The van der Waals surface area contributed by atoms with Crippen LogP contribution in [0.5, 0.6) is 0 Å². The molecule has 3 aromatic rings. The van der Waals surface area contributed by atoms with E-state index in [0.717, 1.165) is 4.47 Å². The van der Waals surface area contributed by atoms with Gasteiger partial charge in [-0.25, -0.2) is 0 Å². The summed E-state index contributed by atoms with van der Waals surface area (Å²) in [5.41, 5.74) is 2.54. The molecule has 0 aliphatic rings. The lowest BCUT2D eigenvalue weighted by atomic mass is 9.98. The quantitative estimate of drug-likeness (QED) is 0.570. The smallest absolute Gasteiger partial charge is 0.0181 e. The van der Waals surface area contributed by atoms with Crippen molar-refractivity contribution < 1.29 is 0 Å². The maximum Gasteiger partial charge on any atom is 0.0181 e. The number of fused-ring (bicyclic) bond motifs is 1.